The van der Waals surface area contributed by atoms with Crippen molar-refractivity contribution in [1.82, 2.24) is 9.97 Å². The largest absolute Gasteiger partial charge is 0.480 e. The highest BCUT2D eigenvalue weighted by molar-refractivity contribution is 5.72. The predicted octanol–water partition coefficient (Wildman–Crippen LogP) is 0.877. The fourth-order valence-electron chi connectivity index (χ4n) is 0.983. The Kier molecular flexibility index (Phi) is 11.8. The maximum absolute atomic E-state index is 10.1. The Bertz CT molecular complexity index is 331. The third-order valence-electron chi connectivity index (χ3n) is 1.98. The summed E-state index contributed by atoms with van der Waals surface area (Å²) in [5.41, 5.74) is 10.4. The molecule has 5 N–H and O–H groups in total. The lowest BCUT2D eigenvalue weighted by molar-refractivity contribution is -0.138. The van der Waals surface area contributed by atoms with E-state index < -0.39 is 12.0 Å². The Morgan fingerprint density at radius 2 is 1.70 bits per heavy atom. The highest BCUT2D eigenvalue weighted by Gasteiger charge is 2.09. The van der Waals surface area contributed by atoms with E-state index >= 15 is 0 Å². The monoisotopic (exact) mass is 284 g/mol. The number of hydrogen-bond donors (Lipinski definition) is 3. The van der Waals surface area contributed by atoms with Gasteiger partial charge in [0.25, 0.3) is 0 Å². The second-order valence-electron chi connectivity index (χ2n) is 3.58. The van der Waals surface area contributed by atoms with Crippen molar-refractivity contribution >= 4 is 5.97 Å². The van der Waals surface area contributed by atoms with Gasteiger partial charge in [0.15, 0.2) is 12.8 Å². The van der Waals surface area contributed by atoms with Gasteiger partial charge in [-0.3, -0.25) is 4.79 Å². The highest BCUT2D eigenvalue weighted by Crippen LogP contribution is 1.96. The van der Waals surface area contributed by atoms with Gasteiger partial charge in [-0.15, -0.1) is 0 Å². The van der Waals surface area contributed by atoms with Gasteiger partial charge < -0.3 is 25.4 Å². The van der Waals surface area contributed by atoms with E-state index in [1.54, 1.807) is 12.4 Å². The Labute approximate surface area is 116 Å². The van der Waals surface area contributed by atoms with Crippen molar-refractivity contribution in [3.05, 3.63) is 37.7 Å². The molecule has 1 atom stereocenters. The van der Waals surface area contributed by atoms with Crippen molar-refractivity contribution in [2.75, 3.05) is 6.54 Å². The number of nitrogens with zero attached hydrogens (tertiary/aromatic N) is 2. The molecule has 0 fully saturated rings. The average Bonchev–Trinajstić information content (AvgIpc) is 3.16. The van der Waals surface area contributed by atoms with Gasteiger partial charge in [0.2, 0.25) is 0 Å². The van der Waals surface area contributed by atoms with Crippen molar-refractivity contribution in [2.45, 2.75) is 25.3 Å². The smallest absolute Gasteiger partial charge is 0.320 e. The van der Waals surface area contributed by atoms with Crippen LogP contribution in [0.4, 0.5) is 0 Å². The zero-order valence-corrected chi connectivity index (χ0v) is 11.1. The van der Waals surface area contributed by atoms with E-state index in [0.717, 1.165) is 12.8 Å². The Morgan fingerprint density at radius 1 is 1.15 bits per heavy atom. The first-order valence-electron chi connectivity index (χ1n) is 6.01. The van der Waals surface area contributed by atoms with Crippen LogP contribution in [0, 0.1) is 0 Å². The molecule has 2 heterocycles. The highest BCUT2D eigenvalue weighted by atomic mass is 16.4. The van der Waals surface area contributed by atoms with Gasteiger partial charge in [-0.05, 0) is 19.4 Å². The van der Waals surface area contributed by atoms with Crippen LogP contribution in [0.5, 0.6) is 0 Å². The van der Waals surface area contributed by atoms with E-state index in [1.807, 2.05) is 0 Å². The number of carboxylic acids is 1. The molecule has 0 amide bonds. The van der Waals surface area contributed by atoms with Gasteiger partial charge >= 0.3 is 5.97 Å². The molecule has 0 radical (unpaired) electrons. The van der Waals surface area contributed by atoms with Crippen LogP contribution in [0.2, 0.25) is 0 Å². The van der Waals surface area contributed by atoms with Crippen LogP contribution in [0.25, 0.3) is 0 Å². The second-order valence-corrected chi connectivity index (χ2v) is 3.58. The lowest BCUT2D eigenvalue weighted by Crippen LogP contribution is -2.29. The maximum Gasteiger partial charge on any atom is 0.320 e. The molecule has 0 bridgehead atoms. The van der Waals surface area contributed by atoms with Gasteiger partial charge in [-0.1, -0.05) is 6.42 Å². The standard InChI is InChI=1S/C6H14N2O2.2C3H3NO/c7-4-2-1-3-5(8)6(9)10;2*1-2-5-3-4-1/h5H,1-4,7-8H2,(H,9,10);2*1-3H/t5-;;/m0../s1. The molecule has 0 aliphatic carbocycles. The summed E-state index contributed by atoms with van der Waals surface area (Å²) in [7, 11) is 0. The molecule has 0 saturated carbocycles. The van der Waals surface area contributed by atoms with E-state index in [0.29, 0.717) is 13.0 Å². The molecule has 2 aromatic rings. The molecule has 0 spiro atoms. The van der Waals surface area contributed by atoms with Crippen LogP contribution in [-0.2, 0) is 4.79 Å². The molecular formula is C12H20N4O4. The zero-order chi connectivity index (χ0) is 15.1. The number of nitrogens with two attached hydrogens (primary N) is 2. The first-order chi connectivity index (χ1) is 9.68. The molecule has 2 aromatic heterocycles. The molecule has 0 aliphatic rings. The fourth-order valence-corrected chi connectivity index (χ4v) is 0.983. The van der Waals surface area contributed by atoms with Crippen LogP contribution in [-0.4, -0.2) is 33.6 Å². The van der Waals surface area contributed by atoms with Crippen molar-refractivity contribution in [3.63, 3.8) is 0 Å². The Hall–Kier alpha value is -2.19. The van der Waals surface area contributed by atoms with Gasteiger partial charge in [0, 0.05) is 0 Å². The number of oxazole rings is 2. The summed E-state index contributed by atoms with van der Waals surface area (Å²) in [4.78, 5) is 17.2. The summed E-state index contributed by atoms with van der Waals surface area (Å²) in [6.07, 6.45) is 11.1. The van der Waals surface area contributed by atoms with Crippen LogP contribution in [0.1, 0.15) is 19.3 Å². The summed E-state index contributed by atoms with van der Waals surface area (Å²) < 4.78 is 8.94. The third kappa shape index (κ3) is 12.3. The Morgan fingerprint density at radius 3 is 1.95 bits per heavy atom. The number of carbonyl (C=O) groups is 1. The summed E-state index contributed by atoms with van der Waals surface area (Å²) in [6, 6.07) is -0.716. The minimum Gasteiger partial charge on any atom is -0.480 e. The third-order valence-corrected chi connectivity index (χ3v) is 1.98. The van der Waals surface area contributed by atoms with E-state index in [1.165, 1.54) is 25.3 Å². The number of aliphatic carboxylic acids is 1. The van der Waals surface area contributed by atoms with Crippen LogP contribution >= 0.6 is 0 Å². The SMILES string of the molecule is NCCCC[C@H](N)C(=O)O.c1cocn1.c1cocn1. The Balaban J connectivity index is 0.000000298. The minimum absolute atomic E-state index is 0.520. The van der Waals surface area contributed by atoms with Gasteiger partial charge in [-0.25, -0.2) is 9.97 Å². The van der Waals surface area contributed by atoms with Crippen molar-refractivity contribution in [3.8, 4) is 0 Å². The van der Waals surface area contributed by atoms with E-state index in [2.05, 4.69) is 18.8 Å². The summed E-state index contributed by atoms with van der Waals surface area (Å²) >= 11 is 0. The normalized spacial score (nSPS) is 10.5. The molecule has 0 aromatic carbocycles. The molecule has 112 valence electrons. The van der Waals surface area contributed by atoms with Crippen LogP contribution in [0.3, 0.4) is 0 Å². The maximum atomic E-state index is 10.1. The average molecular weight is 284 g/mol. The van der Waals surface area contributed by atoms with Crippen LogP contribution in [0.15, 0.2) is 46.5 Å². The van der Waals surface area contributed by atoms with Crippen molar-refractivity contribution in [1.29, 1.82) is 0 Å². The van der Waals surface area contributed by atoms with E-state index in [9.17, 15) is 4.79 Å². The first kappa shape index (κ1) is 17.8. The molecule has 0 aliphatic heterocycles. The molecular weight excluding hydrogens is 264 g/mol. The quantitative estimate of drug-likeness (QED) is 0.687. The number of rotatable bonds is 5. The molecule has 20 heavy (non-hydrogen) atoms. The fraction of sp³-hybridized carbons (Fsp3) is 0.417. The lowest BCUT2D eigenvalue weighted by Gasteiger charge is -2.03. The van der Waals surface area contributed by atoms with E-state index in [4.69, 9.17) is 16.6 Å². The molecule has 2 rings (SSSR count). The van der Waals surface area contributed by atoms with Gasteiger partial charge in [0.1, 0.15) is 18.6 Å². The lowest BCUT2D eigenvalue weighted by atomic mass is 10.1. The van der Waals surface area contributed by atoms with Gasteiger partial charge in [0.05, 0.1) is 12.4 Å². The second kappa shape index (κ2) is 13.2. The minimum atomic E-state index is -0.933. The van der Waals surface area contributed by atoms with Gasteiger partial charge in [-0.2, -0.15) is 0 Å². The summed E-state index contributed by atoms with van der Waals surface area (Å²) in [5.74, 6) is -0.933. The number of unbranched alkanes of at least 4 members (excludes halogenated alkanes) is 1. The molecule has 8 nitrogen and oxygen atoms in total. The molecule has 8 heteroatoms. The predicted molar refractivity (Wildman–Crippen MR) is 71.5 cm³/mol. The number of carboxylic acid groups (broad SMARTS) is 1. The first-order valence-corrected chi connectivity index (χ1v) is 6.01. The number of hydrogen-bond acceptors (Lipinski definition) is 7. The molecule has 0 saturated heterocycles. The number of aromatic nitrogens is 2. The van der Waals surface area contributed by atoms with Crippen molar-refractivity contribution in [2.24, 2.45) is 11.5 Å². The summed E-state index contributed by atoms with van der Waals surface area (Å²) in [5, 5.41) is 8.33. The topological polar surface area (TPSA) is 141 Å². The van der Waals surface area contributed by atoms with Crippen molar-refractivity contribution < 1.29 is 18.7 Å². The van der Waals surface area contributed by atoms with E-state index in [-0.39, 0.29) is 0 Å². The summed E-state index contributed by atoms with van der Waals surface area (Å²) in [6.45, 7) is 0.604. The van der Waals surface area contributed by atoms with Crippen LogP contribution < -0.4 is 11.5 Å². The zero-order valence-electron chi connectivity index (χ0n) is 11.1. The molecule has 0 unspecified atom stereocenters.